The summed E-state index contributed by atoms with van der Waals surface area (Å²) in [5, 5.41) is 4.63. The van der Waals surface area contributed by atoms with Gasteiger partial charge in [0.1, 0.15) is 6.29 Å². The van der Waals surface area contributed by atoms with Gasteiger partial charge in [0.2, 0.25) is 0 Å². The zero-order chi connectivity index (χ0) is 8.27. The van der Waals surface area contributed by atoms with Crippen LogP contribution in [0.15, 0.2) is 6.20 Å². The second-order valence-corrected chi connectivity index (χ2v) is 2.66. The highest BCUT2D eigenvalue weighted by molar-refractivity contribution is 6.31. The number of aryl methyl sites for hydroxylation is 1. The summed E-state index contributed by atoms with van der Waals surface area (Å²) in [7, 11) is 0. The Bertz CT molecular complexity index is 257. The first-order valence-corrected chi connectivity index (χ1v) is 3.75. The van der Waals surface area contributed by atoms with Crippen molar-refractivity contribution in [3.05, 3.63) is 16.9 Å². The summed E-state index contributed by atoms with van der Waals surface area (Å²) >= 11 is 5.74. The fourth-order valence-electron chi connectivity index (χ4n) is 0.824. The summed E-state index contributed by atoms with van der Waals surface area (Å²) in [5.74, 6) is 0. The van der Waals surface area contributed by atoms with Gasteiger partial charge in [-0.25, -0.2) is 0 Å². The molecule has 1 heterocycles. The summed E-state index contributed by atoms with van der Waals surface area (Å²) < 4.78 is 1.72. The smallest absolute Gasteiger partial charge is 0.121 e. The van der Waals surface area contributed by atoms with E-state index in [1.54, 1.807) is 10.9 Å². The van der Waals surface area contributed by atoms with E-state index < -0.39 is 0 Å². The summed E-state index contributed by atoms with van der Waals surface area (Å²) in [6.07, 6.45) is 2.94. The van der Waals surface area contributed by atoms with E-state index in [9.17, 15) is 4.79 Å². The van der Waals surface area contributed by atoms with Gasteiger partial charge in [0, 0.05) is 13.0 Å². The Morgan fingerprint density at radius 1 is 1.82 bits per heavy atom. The van der Waals surface area contributed by atoms with E-state index in [0.717, 1.165) is 12.0 Å². The van der Waals surface area contributed by atoms with E-state index in [2.05, 4.69) is 5.10 Å². The van der Waals surface area contributed by atoms with Gasteiger partial charge in [-0.3, -0.25) is 4.68 Å². The molecule has 0 aliphatic heterocycles. The highest BCUT2D eigenvalue weighted by Crippen LogP contribution is 2.12. The van der Waals surface area contributed by atoms with Gasteiger partial charge in [-0.2, -0.15) is 5.10 Å². The molecule has 1 aromatic rings. The molecule has 0 fully saturated rings. The van der Waals surface area contributed by atoms with Crippen molar-refractivity contribution in [2.24, 2.45) is 0 Å². The predicted molar refractivity (Wildman–Crippen MR) is 42.7 cm³/mol. The van der Waals surface area contributed by atoms with E-state index >= 15 is 0 Å². The van der Waals surface area contributed by atoms with Crippen LogP contribution in [0, 0.1) is 6.92 Å². The van der Waals surface area contributed by atoms with Crippen molar-refractivity contribution in [1.82, 2.24) is 9.78 Å². The Labute approximate surface area is 70.0 Å². The first kappa shape index (κ1) is 8.27. The van der Waals surface area contributed by atoms with E-state index in [1.165, 1.54) is 0 Å². The molecule has 0 aromatic carbocycles. The van der Waals surface area contributed by atoms with Crippen molar-refractivity contribution < 1.29 is 4.79 Å². The van der Waals surface area contributed by atoms with Crippen LogP contribution in [-0.2, 0) is 11.3 Å². The van der Waals surface area contributed by atoms with Crippen LogP contribution >= 0.6 is 11.6 Å². The number of carbonyl (C=O) groups is 1. The third-order valence-electron chi connectivity index (χ3n) is 1.50. The SMILES string of the molecule is Cc1c(Cl)cnn1CCC=O. The summed E-state index contributed by atoms with van der Waals surface area (Å²) in [6, 6.07) is 0. The van der Waals surface area contributed by atoms with Crippen molar-refractivity contribution in [2.75, 3.05) is 0 Å². The molecule has 0 spiro atoms. The molecule has 0 amide bonds. The largest absolute Gasteiger partial charge is 0.303 e. The highest BCUT2D eigenvalue weighted by Gasteiger charge is 2.01. The number of carbonyl (C=O) groups excluding carboxylic acids is 1. The van der Waals surface area contributed by atoms with Crippen LogP contribution in [-0.4, -0.2) is 16.1 Å². The molecule has 3 nitrogen and oxygen atoms in total. The quantitative estimate of drug-likeness (QED) is 0.647. The first-order chi connectivity index (χ1) is 5.25. The molecule has 11 heavy (non-hydrogen) atoms. The Hall–Kier alpha value is -0.830. The van der Waals surface area contributed by atoms with Gasteiger partial charge < -0.3 is 4.79 Å². The zero-order valence-corrected chi connectivity index (χ0v) is 7.01. The number of halogens is 1. The van der Waals surface area contributed by atoms with Gasteiger partial charge in [-0.15, -0.1) is 0 Å². The van der Waals surface area contributed by atoms with Crippen LogP contribution in [0.25, 0.3) is 0 Å². The minimum Gasteiger partial charge on any atom is -0.303 e. The van der Waals surface area contributed by atoms with Gasteiger partial charge in [-0.1, -0.05) is 11.6 Å². The number of nitrogens with zero attached hydrogens (tertiary/aromatic N) is 2. The molecule has 0 saturated heterocycles. The normalized spacial score (nSPS) is 10.0. The van der Waals surface area contributed by atoms with E-state index in [4.69, 9.17) is 11.6 Å². The second kappa shape index (κ2) is 3.53. The topological polar surface area (TPSA) is 34.9 Å². The third kappa shape index (κ3) is 1.80. The van der Waals surface area contributed by atoms with Gasteiger partial charge in [0.15, 0.2) is 0 Å². The van der Waals surface area contributed by atoms with E-state index in [0.29, 0.717) is 18.0 Å². The monoisotopic (exact) mass is 172 g/mol. The second-order valence-electron chi connectivity index (χ2n) is 2.26. The van der Waals surface area contributed by atoms with Crippen LogP contribution < -0.4 is 0 Å². The number of hydrogen-bond acceptors (Lipinski definition) is 2. The maximum atomic E-state index is 10.0. The minimum absolute atomic E-state index is 0.485. The van der Waals surface area contributed by atoms with Crippen LogP contribution in [0.2, 0.25) is 5.02 Å². The number of hydrogen-bond donors (Lipinski definition) is 0. The Morgan fingerprint density at radius 3 is 3.00 bits per heavy atom. The number of rotatable bonds is 3. The van der Waals surface area contributed by atoms with Gasteiger partial charge >= 0.3 is 0 Å². The Morgan fingerprint density at radius 2 is 2.55 bits per heavy atom. The highest BCUT2D eigenvalue weighted by atomic mass is 35.5. The fraction of sp³-hybridized carbons (Fsp3) is 0.429. The molecule has 4 heteroatoms. The molecule has 0 aliphatic carbocycles. The van der Waals surface area contributed by atoms with Crippen molar-refractivity contribution in [3.8, 4) is 0 Å². The van der Waals surface area contributed by atoms with Crippen molar-refractivity contribution in [1.29, 1.82) is 0 Å². The lowest BCUT2D eigenvalue weighted by molar-refractivity contribution is -0.108. The fourth-order valence-corrected chi connectivity index (χ4v) is 0.965. The molecule has 0 N–H and O–H groups in total. The lowest BCUT2D eigenvalue weighted by atomic mass is 10.4. The molecule has 0 radical (unpaired) electrons. The number of aldehydes is 1. The number of aromatic nitrogens is 2. The molecule has 0 unspecified atom stereocenters. The lowest BCUT2D eigenvalue weighted by Crippen LogP contribution is -2.02. The molecule has 0 saturated carbocycles. The summed E-state index contributed by atoms with van der Waals surface area (Å²) in [6.45, 7) is 2.49. The van der Waals surface area contributed by atoms with Gasteiger partial charge in [0.25, 0.3) is 0 Å². The van der Waals surface area contributed by atoms with Gasteiger partial charge in [0.05, 0.1) is 16.9 Å². The summed E-state index contributed by atoms with van der Waals surface area (Å²) in [5.41, 5.74) is 0.911. The predicted octanol–water partition coefficient (Wildman–Crippen LogP) is 1.43. The van der Waals surface area contributed by atoms with Crippen molar-refractivity contribution in [3.63, 3.8) is 0 Å². The van der Waals surface area contributed by atoms with Crippen LogP contribution in [0.4, 0.5) is 0 Å². The lowest BCUT2D eigenvalue weighted by Gasteiger charge is -1.99. The molecule has 0 bridgehead atoms. The average Bonchev–Trinajstić information content (AvgIpc) is 2.31. The maximum absolute atomic E-state index is 10.0. The molecule has 0 atom stereocenters. The molecular formula is C7H9ClN2O. The van der Waals surface area contributed by atoms with E-state index in [1.807, 2.05) is 6.92 Å². The third-order valence-corrected chi connectivity index (χ3v) is 1.87. The average molecular weight is 173 g/mol. The minimum atomic E-state index is 0.485. The summed E-state index contributed by atoms with van der Waals surface area (Å²) in [4.78, 5) is 10.0. The Balaban J connectivity index is 2.70. The zero-order valence-electron chi connectivity index (χ0n) is 6.25. The van der Waals surface area contributed by atoms with Crippen LogP contribution in [0.5, 0.6) is 0 Å². The molecule has 1 aromatic heterocycles. The van der Waals surface area contributed by atoms with Crippen LogP contribution in [0.3, 0.4) is 0 Å². The maximum Gasteiger partial charge on any atom is 0.121 e. The van der Waals surface area contributed by atoms with Gasteiger partial charge in [-0.05, 0) is 6.92 Å². The van der Waals surface area contributed by atoms with Crippen molar-refractivity contribution >= 4 is 17.9 Å². The Kier molecular flexibility index (Phi) is 2.65. The van der Waals surface area contributed by atoms with E-state index in [-0.39, 0.29) is 0 Å². The standard InChI is InChI=1S/C7H9ClN2O/c1-6-7(8)5-9-10(6)3-2-4-11/h4-5H,2-3H2,1H3. The van der Waals surface area contributed by atoms with Crippen LogP contribution in [0.1, 0.15) is 12.1 Å². The molecule has 1 rings (SSSR count). The molecule has 60 valence electrons. The first-order valence-electron chi connectivity index (χ1n) is 3.37. The molecular weight excluding hydrogens is 164 g/mol. The van der Waals surface area contributed by atoms with Crippen molar-refractivity contribution in [2.45, 2.75) is 19.9 Å². The molecule has 0 aliphatic rings.